The van der Waals surface area contributed by atoms with Gasteiger partial charge in [0.15, 0.2) is 18.7 Å². The normalized spacial score (nSPS) is 9.04. The molecule has 0 fully saturated rings. The average molecular weight is 531 g/mol. The van der Waals surface area contributed by atoms with Crippen molar-refractivity contribution in [2.75, 3.05) is 0 Å². The van der Waals surface area contributed by atoms with Crippen LogP contribution in [0, 0.1) is 0 Å². The molecule has 146 valence electrons. The minimum atomic E-state index is -4.44. The molecule has 0 aliphatic carbocycles. The molecule has 0 aliphatic heterocycles. The van der Waals surface area contributed by atoms with Gasteiger partial charge in [0.25, 0.3) is 0 Å². The van der Waals surface area contributed by atoms with E-state index in [0.717, 1.165) is 0 Å². The molecular weight excluding hydrogens is 514 g/mol. The molecule has 3 rings (SSSR count). The molecule has 27 heavy (non-hydrogen) atoms. The van der Waals surface area contributed by atoms with Crippen LogP contribution in [0.5, 0.6) is 0 Å². The number of halogens is 2. The third kappa shape index (κ3) is 58.7. The molecule has 0 spiro atoms. The molecule has 0 atom stereocenters. The minimum absolute atomic E-state index is 0. The van der Waals surface area contributed by atoms with E-state index in [-0.39, 0.29) is 26.2 Å². The van der Waals surface area contributed by atoms with Crippen LogP contribution < -0.4 is 0 Å². The van der Waals surface area contributed by atoms with Crippen LogP contribution in [0.3, 0.4) is 0 Å². The van der Waals surface area contributed by atoms with Gasteiger partial charge >= 0.3 is 26.2 Å². The number of benzene rings is 1. The van der Waals surface area contributed by atoms with E-state index in [4.69, 9.17) is 25.9 Å². The first-order valence-corrected chi connectivity index (χ1v) is 11.1. The van der Waals surface area contributed by atoms with Crippen molar-refractivity contribution in [3.63, 3.8) is 0 Å². The molecule has 0 aromatic heterocycles. The Bertz CT molecular complexity index is 674. The van der Waals surface area contributed by atoms with Gasteiger partial charge in [-0.25, -0.2) is 41.1 Å². The molecule has 6 nitrogen and oxygen atoms in total. The van der Waals surface area contributed by atoms with Gasteiger partial charge in [-0.05, 0) is 0 Å². The number of hydrogen-bond donors (Lipinski definition) is 0. The molecule has 3 aromatic carbocycles. The zero-order valence-corrected chi connectivity index (χ0v) is 19.4. The van der Waals surface area contributed by atoms with Crippen LogP contribution >= 0.6 is 21.4 Å². The summed E-state index contributed by atoms with van der Waals surface area (Å²) in [7, 11) is -0.995. The van der Waals surface area contributed by atoms with Crippen LogP contribution in [0.1, 0.15) is 0 Å². The molecule has 0 heterocycles. The van der Waals surface area contributed by atoms with E-state index in [1.54, 1.807) is 0 Å². The number of rotatable bonds is 0. The van der Waals surface area contributed by atoms with Gasteiger partial charge in [-0.2, -0.15) is 36.4 Å². The molecule has 0 saturated carbocycles. The third-order valence-electron chi connectivity index (χ3n) is 1.78. The molecule has 11 heteroatoms. The molecule has 3 aromatic rings. The Balaban J connectivity index is -0.000000265. The first kappa shape index (κ1) is 30.9. The summed E-state index contributed by atoms with van der Waals surface area (Å²) in [6.45, 7) is 0. The summed E-state index contributed by atoms with van der Waals surface area (Å²) in [4.78, 5) is 0. The van der Waals surface area contributed by atoms with Gasteiger partial charge in [-0.15, -0.1) is 0 Å². The summed E-state index contributed by atoms with van der Waals surface area (Å²) >= 11 is 0. The van der Waals surface area contributed by atoms with E-state index in [0.29, 0.717) is 0 Å². The van der Waals surface area contributed by atoms with Crippen molar-refractivity contribution in [3.8, 4) is 0 Å². The Hall–Kier alpha value is -0.797. The first-order valence-electron chi connectivity index (χ1n) is 6.64. The Kier molecular flexibility index (Phi) is 22.8. The van der Waals surface area contributed by atoms with Gasteiger partial charge in [0.05, 0.1) is 0 Å². The quantitative estimate of drug-likeness (QED) is 0.248. The van der Waals surface area contributed by atoms with Crippen molar-refractivity contribution in [1.29, 1.82) is 0 Å². The zero-order chi connectivity index (χ0) is 20.3. The molecule has 0 aliphatic rings. The second kappa shape index (κ2) is 20.0. The molecule has 0 amide bonds. The van der Waals surface area contributed by atoms with Crippen LogP contribution in [0.15, 0.2) is 97.1 Å². The summed E-state index contributed by atoms with van der Waals surface area (Å²) in [5, 5.41) is 0. The molecule has 0 radical (unpaired) electrons. The van der Waals surface area contributed by atoms with Crippen LogP contribution in [0.25, 0.3) is 0 Å². The third-order valence-corrected chi connectivity index (χ3v) is 1.78. The SMILES string of the molecule is O=S(=O)([O-])Cl.O=S(=O)([O-])Cl.[Zr+4].c1cc[cH-]c1.c1cc[cH-]c1.c1ccccc1. The van der Waals surface area contributed by atoms with Gasteiger partial charge < -0.3 is 9.11 Å². The van der Waals surface area contributed by atoms with Gasteiger partial charge in [-0.1, -0.05) is 36.4 Å². The fourth-order valence-electron chi connectivity index (χ4n) is 1.03. The Labute approximate surface area is 188 Å². The van der Waals surface area contributed by atoms with Crippen molar-refractivity contribution in [2.24, 2.45) is 0 Å². The Morgan fingerprint density at radius 2 is 0.667 bits per heavy atom. The standard InChI is InChI=1S/C6H6.2C5H5.2ClHO3S.Zr/c1-2-4-6-5-3-1;2*1-2-4-5-3-1;2*1-5(2,3)4;/h1-6H;2*1-5H;2*(H,2,3,4);/q;2*-1;;;+4/p-2. The maximum atomic E-state index is 8.84. The topological polar surface area (TPSA) is 114 Å². The predicted octanol–water partition coefficient (Wildman–Crippen LogP) is 3.87. The summed E-state index contributed by atoms with van der Waals surface area (Å²) in [6.07, 6.45) is 0. The number of hydrogen-bond acceptors (Lipinski definition) is 6. The maximum Gasteiger partial charge on any atom is 4.00 e. The Morgan fingerprint density at radius 1 is 0.519 bits per heavy atom. The van der Waals surface area contributed by atoms with E-state index >= 15 is 0 Å². The fourth-order valence-corrected chi connectivity index (χ4v) is 1.03. The molecular formula is C16H16Cl2O6S2Zr. The van der Waals surface area contributed by atoms with Crippen LogP contribution in [0.4, 0.5) is 0 Å². The van der Waals surface area contributed by atoms with Gasteiger partial charge in [0.2, 0.25) is 0 Å². The van der Waals surface area contributed by atoms with Crippen LogP contribution in [0.2, 0.25) is 0 Å². The average Bonchev–Trinajstić information content (AvgIpc) is 3.25. The second-order valence-electron chi connectivity index (χ2n) is 3.87. The van der Waals surface area contributed by atoms with Gasteiger partial charge in [0, 0.05) is 21.4 Å². The van der Waals surface area contributed by atoms with Crippen molar-refractivity contribution in [3.05, 3.63) is 97.1 Å². The van der Waals surface area contributed by atoms with E-state index in [9.17, 15) is 0 Å². The van der Waals surface area contributed by atoms with Crippen LogP contribution in [-0.2, 0) is 44.9 Å². The molecule has 0 unspecified atom stereocenters. The summed E-state index contributed by atoms with van der Waals surface area (Å²) < 4.78 is 53.1. The van der Waals surface area contributed by atoms with Crippen LogP contribution in [-0.4, -0.2) is 25.9 Å². The zero-order valence-electron chi connectivity index (χ0n) is 13.8. The van der Waals surface area contributed by atoms with Gasteiger partial charge in [-0.3, -0.25) is 0 Å². The van der Waals surface area contributed by atoms with Gasteiger partial charge in [0.1, 0.15) is 0 Å². The largest absolute Gasteiger partial charge is 4.00 e. The van der Waals surface area contributed by atoms with Crippen molar-refractivity contribution in [1.82, 2.24) is 0 Å². The van der Waals surface area contributed by atoms with E-state index in [2.05, 4.69) is 21.4 Å². The van der Waals surface area contributed by atoms with Crippen molar-refractivity contribution < 1.29 is 52.1 Å². The summed E-state index contributed by atoms with van der Waals surface area (Å²) in [5.41, 5.74) is 0. The molecule has 0 N–H and O–H groups in total. The fraction of sp³-hybridized carbons (Fsp3) is 0. The van der Waals surface area contributed by atoms with E-state index in [1.807, 2.05) is 97.1 Å². The monoisotopic (exact) mass is 528 g/mol. The van der Waals surface area contributed by atoms with E-state index < -0.39 is 18.7 Å². The summed E-state index contributed by atoms with van der Waals surface area (Å²) in [6, 6.07) is 32.0. The second-order valence-corrected chi connectivity index (χ2v) is 7.71. The van der Waals surface area contributed by atoms with Crippen molar-refractivity contribution in [2.45, 2.75) is 0 Å². The smallest absolute Gasteiger partial charge is 0.735 e. The summed E-state index contributed by atoms with van der Waals surface area (Å²) in [5.74, 6) is 0. The Morgan fingerprint density at radius 3 is 0.741 bits per heavy atom. The van der Waals surface area contributed by atoms with Crippen molar-refractivity contribution >= 4 is 40.0 Å². The molecule has 0 bridgehead atoms. The molecule has 0 saturated heterocycles. The minimum Gasteiger partial charge on any atom is -0.735 e. The maximum absolute atomic E-state index is 8.84. The predicted molar refractivity (Wildman–Crippen MR) is 102 cm³/mol. The first-order chi connectivity index (χ1) is 12.0. The van der Waals surface area contributed by atoms with E-state index in [1.165, 1.54) is 0 Å².